The van der Waals surface area contributed by atoms with Gasteiger partial charge in [0.2, 0.25) is 0 Å². The molecule has 106 valence electrons. The summed E-state index contributed by atoms with van der Waals surface area (Å²) in [6.45, 7) is 2.08. The van der Waals surface area contributed by atoms with Crippen LogP contribution in [0.1, 0.15) is 29.2 Å². The number of fused-ring (bicyclic) bond motifs is 1. The van der Waals surface area contributed by atoms with Crippen molar-refractivity contribution in [2.24, 2.45) is 0 Å². The fourth-order valence-corrected chi connectivity index (χ4v) is 2.62. The van der Waals surface area contributed by atoms with Crippen molar-refractivity contribution >= 4 is 10.8 Å². The first-order chi connectivity index (χ1) is 10.2. The van der Waals surface area contributed by atoms with Crippen LogP contribution >= 0.6 is 0 Å². The molecule has 2 heteroatoms. The van der Waals surface area contributed by atoms with E-state index in [0.717, 1.165) is 22.8 Å². The summed E-state index contributed by atoms with van der Waals surface area (Å²) in [5.41, 5.74) is 3.44. The molecule has 0 bridgehead atoms. The van der Waals surface area contributed by atoms with Crippen LogP contribution < -0.4 is 0 Å². The molecule has 3 aromatic rings. The largest absolute Gasteiger partial charge is 0.388 e. The average Bonchev–Trinajstić information content (AvgIpc) is 2.53. The van der Waals surface area contributed by atoms with Gasteiger partial charge >= 0.3 is 0 Å². The molecule has 2 aromatic carbocycles. The second-order valence-corrected chi connectivity index (χ2v) is 5.49. The van der Waals surface area contributed by atoms with Gasteiger partial charge < -0.3 is 5.11 Å². The quantitative estimate of drug-likeness (QED) is 0.775. The minimum Gasteiger partial charge on any atom is -0.388 e. The fourth-order valence-electron chi connectivity index (χ4n) is 2.62. The van der Waals surface area contributed by atoms with Crippen molar-refractivity contribution in [2.75, 3.05) is 0 Å². The van der Waals surface area contributed by atoms with Gasteiger partial charge in [0.15, 0.2) is 0 Å². The second kappa shape index (κ2) is 6.06. The summed E-state index contributed by atoms with van der Waals surface area (Å²) in [5.74, 6) is 0. The predicted molar refractivity (Wildman–Crippen MR) is 86.2 cm³/mol. The Balaban J connectivity index is 1.78. The fraction of sp³-hybridized carbons (Fsp3) is 0.211. The third kappa shape index (κ3) is 3.11. The smallest absolute Gasteiger partial charge is 0.0814 e. The summed E-state index contributed by atoms with van der Waals surface area (Å²) in [4.78, 5) is 4.24. The van der Waals surface area contributed by atoms with Crippen molar-refractivity contribution in [3.8, 4) is 0 Å². The lowest BCUT2D eigenvalue weighted by Gasteiger charge is -2.13. The molecule has 0 saturated heterocycles. The van der Waals surface area contributed by atoms with Gasteiger partial charge in [-0.15, -0.1) is 0 Å². The maximum Gasteiger partial charge on any atom is 0.0814 e. The highest BCUT2D eigenvalue weighted by atomic mass is 16.3. The Kier molecular flexibility index (Phi) is 3.98. The zero-order valence-electron chi connectivity index (χ0n) is 12.2. The number of hydrogen-bond acceptors (Lipinski definition) is 2. The number of pyridine rings is 1. The molecule has 0 spiro atoms. The highest BCUT2D eigenvalue weighted by molar-refractivity contribution is 5.84. The molecular weight excluding hydrogens is 258 g/mol. The Hall–Kier alpha value is -2.19. The maximum absolute atomic E-state index is 10.5. The minimum atomic E-state index is -0.482. The zero-order chi connectivity index (χ0) is 14.7. The van der Waals surface area contributed by atoms with E-state index in [9.17, 15) is 5.11 Å². The molecule has 0 aliphatic carbocycles. The van der Waals surface area contributed by atoms with E-state index < -0.39 is 6.10 Å². The van der Waals surface area contributed by atoms with Crippen LogP contribution in [0.5, 0.6) is 0 Å². The monoisotopic (exact) mass is 277 g/mol. The Labute approximate surface area is 125 Å². The normalized spacial score (nSPS) is 12.5. The zero-order valence-corrected chi connectivity index (χ0v) is 12.2. The SMILES string of the molecule is Cc1ccc(CCC(O)c2cncc3ccccc23)cc1. The Morgan fingerprint density at radius 2 is 1.76 bits per heavy atom. The second-order valence-electron chi connectivity index (χ2n) is 5.49. The molecule has 21 heavy (non-hydrogen) atoms. The standard InChI is InChI=1S/C19H19NO/c1-14-6-8-15(9-7-14)10-11-19(21)18-13-20-12-16-4-2-3-5-17(16)18/h2-9,12-13,19,21H,10-11H2,1H3. The van der Waals surface area contributed by atoms with Crippen molar-refractivity contribution in [2.45, 2.75) is 25.9 Å². The van der Waals surface area contributed by atoms with Crippen LogP contribution in [0, 0.1) is 6.92 Å². The van der Waals surface area contributed by atoms with Crippen LogP contribution in [0.4, 0.5) is 0 Å². The Morgan fingerprint density at radius 3 is 2.57 bits per heavy atom. The van der Waals surface area contributed by atoms with E-state index in [1.54, 1.807) is 6.20 Å². The van der Waals surface area contributed by atoms with E-state index >= 15 is 0 Å². The van der Waals surface area contributed by atoms with E-state index in [-0.39, 0.29) is 0 Å². The van der Waals surface area contributed by atoms with Crippen LogP contribution in [0.15, 0.2) is 60.9 Å². The summed E-state index contributed by atoms with van der Waals surface area (Å²) >= 11 is 0. The van der Waals surface area contributed by atoms with Gasteiger partial charge in [-0.3, -0.25) is 4.98 Å². The van der Waals surface area contributed by atoms with Crippen molar-refractivity contribution in [1.82, 2.24) is 4.98 Å². The van der Waals surface area contributed by atoms with E-state index in [4.69, 9.17) is 0 Å². The molecule has 0 saturated carbocycles. The van der Waals surface area contributed by atoms with Crippen LogP contribution in [-0.4, -0.2) is 10.1 Å². The van der Waals surface area contributed by atoms with Gasteiger partial charge in [-0.1, -0.05) is 54.1 Å². The number of benzene rings is 2. The summed E-state index contributed by atoms with van der Waals surface area (Å²) in [6, 6.07) is 16.5. The van der Waals surface area contributed by atoms with Crippen LogP contribution in [0.2, 0.25) is 0 Å². The molecular formula is C19H19NO. The van der Waals surface area contributed by atoms with Crippen molar-refractivity contribution in [3.05, 3.63) is 77.6 Å². The van der Waals surface area contributed by atoms with Gasteiger partial charge in [-0.25, -0.2) is 0 Å². The number of hydrogen-bond donors (Lipinski definition) is 1. The van der Waals surface area contributed by atoms with Crippen LogP contribution in [0.25, 0.3) is 10.8 Å². The molecule has 1 heterocycles. The molecule has 1 unspecified atom stereocenters. The molecule has 0 amide bonds. The highest BCUT2D eigenvalue weighted by Crippen LogP contribution is 2.26. The number of aryl methyl sites for hydroxylation is 2. The van der Waals surface area contributed by atoms with Gasteiger partial charge in [0.25, 0.3) is 0 Å². The summed E-state index contributed by atoms with van der Waals surface area (Å²) < 4.78 is 0. The summed E-state index contributed by atoms with van der Waals surface area (Å²) in [5, 5.41) is 12.7. The molecule has 1 atom stereocenters. The Bertz CT molecular complexity index is 729. The molecule has 2 nitrogen and oxygen atoms in total. The van der Waals surface area contributed by atoms with Crippen LogP contribution in [-0.2, 0) is 6.42 Å². The third-order valence-corrected chi connectivity index (χ3v) is 3.89. The van der Waals surface area contributed by atoms with Gasteiger partial charge in [0, 0.05) is 23.3 Å². The topological polar surface area (TPSA) is 33.1 Å². The maximum atomic E-state index is 10.5. The number of nitrogens with zero attached hydrogens (tertiary/aromatic N) is 1. The number of aliphatic hydroxyl groups is 1. The molecule has 0 radical (unpaired) electrons. The van der Waals surface area contributed by atoms with Crippen molar-refractivity contribution in [3.63, 3.8) is 0 Å². The first-order valence-electron chi connectivity index (χ1n) is 7.30. The van der Waals surface area contributed by atoms with E-state index in [2.05, 4.69) is 36.2 Å². The van der Waals surface area contributed by atoms with Gasteiger partial charge in [0.05, 0.1) is 6.10 Å². The van der Waals surface area contributed by atoms with Gasteiger partial charge in [0.1, 0.15) is 0 Å². The van der Waals surface area contributed by atoms with E-state index in [1.807, 2.05) is 30.5 Å². The van der Waals surface area contributed by atoms with E-state index in [1.165, 1.54) is 11.1 Å². The Morgan fingerprint density at radius 1 is 1.00 bits per heavy atom. The van der Waals surface area contributed by atoms with Crippen LogP contribution in [0.3, 0.4) is 0 Å². The minimum absolute atomic E-state index is 0.482. The number of aromatic nitrogens is 1. The molecule has 0 fully saturated rings. The summed E-state index contributed by atoms with van der Waals surface area (Å²) in [6.07, 6.45) is 4.71. The third-order valence-electron chi connectivity index (χ3n) is 3.89. The number of rotatable bonds is 4. The molecule has 0 aliphatic rings. The number of aliphatic hydroxyl groups excluding tert-OH is 1. The highest BCUT2D eigenvalue weighted by Gasteiger charge is 2.11. The van der Waals surface area contributed by atoms with Gasteiger partial charge in [-0.05, 0) is 30.7 Å². The lowest BCUT2D eigenvalue weighted by Crippen LogP contribution is -2.01. The lowest BCUT2D eigenvalue weighted by molar-refractivity contribution is 0.169. The molecule has 3 rings (SSSR count). The average molecular weight is 277 g/mol. The van der Waals surface area contributed by atoms with E-state index in [0.29, 0.717) is 6.42 Å². The first-order valence-corrected chi connectivity index (χ1v) is 7.30. The molecule has 1 aromatic heterocycles. The lowest BCUT2D eigenvalue weighted by atomic mass is 9.98. The molecule has 0 aliphatic heterocycles. The summed E-state index contributed by atoms with van der Waals surface area (Å²) in [7, 11) is 0. The van der Waals surface area contributed by atoms with Crippen molar-refractivity contribution in [1.29, 1.82) is 0 Å². The predicted octanol–water partition coefficient (Wildman–Crippen LogP) is 4.21. The van der Waals surface area contributed by atoms with Gasteiger partial charge in [-0.2, -0.15) is 0 Å². The van der Waals surface area contributed by atoms with Crippen molar-refractivity contribution < 1.29 is 5.11 Å². The first kappa shape index (κ1) is 13.8. The molecule has 1 N–H and O–H groups in total.